The fourth-order valence-electron chi connectivity index (χ4n) is 3.10. The highest BCUT2D eigenvalue weighted by Crippen LogP contribution is 2.46. The summed E-state index contributed by atoms with van der Waals surface area (Å²) in [6.45, 7) is 2.16. The Hall–Kier alpha value is -1.32. The third kappa shape index (κ3) is 2.57. The molecule has 1 fully saturated rings. The molecule has 0 spiro atoms. The monoisotopic (exact) mass is 250 g/mol. The molecule has 1 N–H and O–H groups in total. The van der Waals surface area contributed by atoms with Crippen molar-refractivity contribution < 1.29 is 9.90 Å². The smallest absolute Gasteiger partial charge is 0.309 e. The maximum atomic E-state index is 11.6. The third-order valence-electron chi connectivity index (χ3n) is 4.39. The summed E-state index contributed by atoms with van der Waals surface area (Å²) in [7, 11) is 1.89. The Morgan fingerprint density at radius 2 is 2.44 bits per heavy atom. The zero-order valence-electron chi connectivity index (χ0n) is 11.2. The zero-order chi connectivity index (χ0) is 13.2. The van der Waals surface area contributed by atoms with Crippen LogP contribution in [0.3, 0.4) is 0 Å². The van der Waals surface area contributed by atoms with Crippen molar-refractivity contribution >= 4 is 5.97 Å². The molecule has 100 valence electrons. The highest BCUT2D eigenvalue weighted by molar-refractivity contribution is 5.75. The first-order valence-corrected chi connectivity index (χ1v) is 6.76. The number of hydrogen-bond donors (Lipinski definition) is 1. The molecule has 1 aromatic rings. The Morgan fingerprint density at radius 1 is 1.67 bits per heavy atom. The molecule has 2 rings (SSSR count). The molecule has 2 atom stereocenters. The Morgan fingerprint density at radius 3 is 2.94 bits per heavy atom. The van der Waals surface area contributed by atoms with E-state index in [1.807, 2.05) is 19.4 Å². The van der Waals surface area contributed by atoms with Crippen LogP contribution in [0.1, 0.15) is 44.6 Å². The van der Waals surface area contributed by atoms with E-state index in [0.29, 0.717) is 5.92 Å². The van der Waals surface area contributed by atoms with Crippen molar-refractivity contribution in [1.82, 2.24) is 9.78 Å². The topological polar surface area (TPSA) is 55.1 Å². The van der Waals surface area contributed by atoms with E-state index in [0.717, 1.165) is 44.1 Å². The Labute approximate surface area is 108 Å². The summed E-state index contributed by atoms with van der Waals surface area (Å²) >= 11 is 0. The van der Waals surface area contributed by atoms with Crippen LogP contribution in [0.15, 0.2) is 12.4 Å². The van der Waals surface area contributed by atoms with E-state index in [-0.39, 0.29) is 0 Å². The summed E-state index contributed by atoms with van der Waals surface area (Å²) in [4.78, 5) is 11.6. The fourth-order valence-corrected chi connectivity index (χ4v) is 3.10. The molecular weight excluding hydrogens is 228 g/mol. The maximum absolute atomic E-state index is 11.6. The van der Waals surface area contributed by atoms with E-state index >= 15 is 0 Å². The van der Waals surface area contributed by atoms with Crippen molar-refractivity contribution in [3.8, 4) is 0 Å². The molecule has 1 aromatic heterocycles. The average Bonchev–Trinajstić information content (AvgIpc) is 2.93. The normalized spacial score (nSPS) is 27.6. The molecule has 0 aliphatic heterocycles. The minimum atomic E-state index is -0.609. The third-order valence-corrected chi connectivity index (χ3v) is 4.39. The van der Waals surface area contributed by atoms with Crippen LogP contribution in [0, 0.1) is 11.3 Å². The van der Waals surface area contributed by atoms with Gasteiger partial charge in [-0.3, -0.25) is 9.48 Å². The predicted octanol–water partition coefficient (Wildman–Crippen LogP) is 2.63. The number of aliphatic carboxylic acids is 1. The number of hydrogen-bond acceptors (Lipinski definition) is 2. The van der Waals surface area contributed by atoms with Gasteiger partial charge >= 0.3 is 5.97 Å². The van der Waals surface area contributed by atoms with Crippen molar-refractivity contribution in [1.29, 1.82) is 0 Å². The Balaban J connectivity index is 2.01. The summed E-state index contributed by atoms with van der Waals surface area (Å²) < 4.78 is 1.77. The van der Waals surface area contributed by atoms with E-state index in [2.05, 4.69) is 12.0 Å². The molecule has 18 heavy (non-hydrogen) atoms. The van der Waals surface area contributed by atoms with Gasteiger partial charge in [-0.1, -0.05) is 13.3 Å². The molecule has 1 heterocycles. The lowest BCUT2D eigenvalue weighted by Gasteiger charge is -2.24. The zero-order valence-corrected chi connectivity index (χ0v) is 11.2. The first kappa shape index (κ1) is 13.1. The van der Waals surface area contributed by atoms with Gasteiger partial charge in [0.25, 0.3) is 0 Å². The lowest BCUT2D eigenvalue weighted by molar-refractivity contribution is -0.149. The minimum absolute atomic E-state index is 0.490. The van der Waals surface area contributed by atoms with E-state index in [1.165, 1.54) is 0 Å². The van der Waals surface area contributed by atoms with Crippen molar-refractivity contribution in [2.45, 2.75) is 45.4 Å². The first-order chi connectivity index (χ1) is 8.55. The van der Waals surface area contributed by atoms with Crippen LogP contribution < -0.4 is 0 Å². The van der Waals surface area contributed by atoms with E-state index in [9.17, 15) is 9.90 Å². The second kappa shape index (κ2) is 5.12. The van der Waals surface area contributed by atoms with Crippen LogP contribution in [0.5, 0.6) is 0 Å². The van der Waals surface area contributed by atoms with Crippen LogP contribution in [-0.4, -0.2) is 20.9 Å². The largest absolute Gasteiger partial charge is 0.481 e. The van der Waals surface area contributed by atoms with Crippen LogP contribution in [0.4, 0.5) is 0 Å². The standard InChI is InChI=1S/C14H22N2O2/c1-3-11-4-6-14(8-11,13(17)18)7-5-12-9-15-16(2)10-12/h9-11H,3-8H2,1-2H3,(H,17,18). The van der Waals surface area contributed by atoms with Gasteiger partial charge < -0.3 is 5.11 Å². The lowest BCUT2D eigenvalue weighted by atomic mass is 9.80. The van der Waals surface area contributed by atoms with Gasteiger partial charge in [-0.2, -0.15) is 5.10 Å². The molecule has 0 bridgehead atoms. The van der Waals surface area contributed by atoms with E-state index < -0.39 is 11.4 Å². The molecule has 2 unspecified atom stereocenters. The second-order valence-electron chi connectivity index (χ2n) is 5.62. The van der Waals surface area contributed by atoms with Gasteiger partial charge in [-0.25, -0.2) is 0 Å². The highest BCUT2D eigenvalue weighted by Gasteiger charge is 2.44. The summed E-state index contributed by atoms with van der Waals surface area (Å²) in [5.41, 5.74) is 0.648. The number of nitrogens with zero attached hydrogens (tertiary/aromatic N) is 2. The molecular formula is C14H22N2O2. The number of carboxylic acid groups (broad SMARTS) is 1. The van der Waals surface area contributed by atoms with Gasteiger partial charge in [0.05, 0.1) is 11.6 Å². The molecule has 4 nitrogen and oxygen atoms in total. The van der Waals surface area contributed by atoms with Gasteiger partial charge in [0.2, 0.25) is 0 Å². The van der Waals surface area contributed by atoms with Gasteiger partial charge in [0.15, 0.2) is 0 Å². The summed E-state index contributed by atoms with van der Waals surface area (Å²) in [6.07, 6.45) is 9.21. The number of carbonyl (C=O) groups is 1. The molecule has 1 aliphatic rings. The van der Waals surface area contributed by atoms with Crippen LogP contribution in [0.25, 0.3) is 0 Å². The van der Waals surface area contributed by atoms with Gasteiger partial charge in [0.1, 0.15) is 0 Å². The molecule has 1 aliphatic carbocycles. The van der Waals surface area contributed by atoms with Crippen LogP contribution in [-0.2, 0) is 18.3 Å². The molecule has 0 amide bonds. The molecule has 1 saturated carbocycles. The summed E-state index contributed by atoms with van der Waals surface area (Å²) in [5.74, 6) is -0.0164. The average molecular weight is 250 g/mol. The van der Waals surface area contributed by atoms with Crippen molar-refractivity contribution in [2.24, 2.45) is 18.4 Å². The Kier molecular flexibility index (Phi) is 3.73. The molecule has 0 saturated heterocycles. The predicted molar refractivity (Wildman–Crippen MR) is 69.2 cm³/mol. The number of rotatable bonds is 5. The minimum Gasteiger partial charge on any atom is -0.481 e. The van der Waals surface area contributed by atoms with E-state index in [1.54, 1.807) is 4.68 Å². The van der Waals surface area contributed by atoms with Crippen molar-refractivity contribution in [3.05, 3.63) is 18.0 Å². The van der Waals surface area contributed by atoms with Gasteiger partial charge in [0, 0.05) is 13.2 Å². The Bertz CT molecular complexity index is 427. The second-order valence-corrected chi connectivity index (χ2v) is 5.62. The highest BCUT2D eigenvalue weighted by atomic mass is 16.4. The summed E-state index contributed by atoms with van der Waals surface area (Å²) in [6, 6.07) is 0. The molecule has 0 radical (unpaired) electrons. The quantitative estimate of drug-likeness (QED) is 0.874. The number of aryl methyl sites for hydroxylation is 2. The lowest BCUT2D eigenvalue weighted by Crippen LogP contribution is -2.28. The number of aromatic nitrogens is 2. The summed E-state index contributed by atoms with van der Waals surface area (Å²) in [5, 5.41) is 13.7. The van der Waals surface area contributed by atoms with Crippen molar-refractivity contribution in [2.75, 3.05) is 0 Å². The first-order valence-electron chi connectivity index (χ1n) is 6.76. The molecule has 4 heteroatoms. The SMILES string of the molecule is CCC1CCC(CCc2cnn(C)c2)(C(=O)O)C1. The van der Waals surface area contributed by atoms with Crippen LogP contribution in [0.2, 0.25) is 0 Å². The van der Waals surface area contributed by atoms with E-state index in [4.69, 9.17) is 0 Å². The number of carboxylic acids is 1. The van der Waals surface area contributed by atoms with Crippen LogP contribution >= 0.6 is 0 Å². The van der Waals surface area contributed by atoms with Crippen molar-refractivity contribution in [3.63, 3.8) is 0 Å². The fraction of sp³-hybridized carbons (Fsp3) is 0.714. The molecule has 0 aromatic carbocycles. The van der Waals surface area contributed by atoms with Gasteiger partial charge in [-0.15, -0.1) is 0 Å². The van der Waals surface area contributed by atoms with Gasteiger partial charge in [-0.05, 0) is 43.6 Å². The maximum Gasteiger partial charge on any atom is 0.309 e.